The summed E-state index contributed by atoms with van der Waals surface area (Å²) in [6.07, 6.45) is 10.8. The van der Waals surface area contributed by atoms with Gasteiger partial charge in [0, 0.05) is 13.1 Å². The van der Waals surface area contributed by atoms with Gasteiger partial charge in [0.2, 0.25) is 5.95 Å². The van der Waals surface area contributed by atoms with Crippen molar-refractivity contribution >= 4 is 40.0 Å². The average Bonchev–Trinajstić information content (AvgIpc) is 3.33. The highest BCUT2D eigenvalue weighted by molar-refractivity contribution is 6.33. The van der Waals surface area contributed by atoms with Crippen molar-refractivity contribution < 1.29 is 0 Å². The number of fused-ring (bicyclic) bond motifs is 2. The van der Waals surface area contributed by atoms with E-state index in [1.165, 1.54) is 19.2 Å². The van der Waals surface area contributed by atoms with E-state index in [4.69, 9.17) is 16.6 Å². The van der Waals surface area contributed by atoms with Gasteiger partial charge in [0.25, 0.3) is 0 Å². The zero-order valence-electron chi connectivity index (χ0n) is 18.6. The molecule has 0 aromatic carbocycles. The van der Waals surface area contributed by atoms with Crippen molar-refractivity contribution in [2.75, 3.05) is 5.32 Å². The fourth-order valence-electron chi connectivity index (χ4n) is 7.16. The van der Waals surface area contributed by atoms with Crippen LogP contribution in [0, 0.1) is 23.7 Å². The molecule has 0 amide bonds. The van der Waals surface area contributed by atoms with Gasteiger partial charge in [-0.1, -0.05) is 18.5 Å². The lowest BCUT2D eigenvalue weighted by molar-refractivity contribution is -0.0801. The second-order valence-electron chi connectivity index (χ2n) is 10.4. The number of halogens is 1. The number of nitrogens with one attached hydrogen (secondary N) is 1. The maximum Gasteiger partial charge on any atom is 0.330 e. The van der Waals surface area contributed by atoms with Crippen LogP contribution in [0.25, 0.3) is 16.8 Å². The van der Waals surface area contributed by atoms with Crippen LogP contribution in [-0.4, -0.2) is 33.7 Å². The summed E-state index contributed by atoms with van der Waals surface area (Å²) in [6.45, 7) is 2.41. The Morgan fingerprint density at radius 2 is 1.97 bits per heavy atom. The predicted molar refractivity (Wildman–Crippen MR) is 125 cm³/mol. The Morgan fingerprint density at radius 1 is 1.18 bits per heavy atom. The number of hydrogen-bond acceptors (Lipinski definition) is 6. The molecule has 2 atom stereocenters. The van der Waals surface area contributed by atoms with Gasteiger partial charge in [0.05, 0.1) is 28.6 Å². The molecule has 0 saturated heterocycles. The van der Waals surface area contributed by atoms with Gasteiger partial charge >= 0.3 is 5.69 Å². The highest BCUT2D eigenvalue weighted by atomic mass is 35.5. The molecule has 4 aliphatic carbocycles. The molecule has 4 bridgehead atoms. The molecule has 9 nitrogen and oxygen atoms in total. The molecule has 4 aromatic heterocycles. The van der Waals surface area contributed by atoms with Crippen LogP contribution < -0.4 is 11.0 Å². The fourth-order valence-corrected chi connectivity index (χ4v) is 7.35. The van der Waals surface area contributed by atoms with Crippen molar-refractivity contribution in [3.63, 3.8) is 0 Å². The molecule has 10 heteroatoms. The number of hydrogen-bond donors (Lipinski definition) is 1. The van der Waals surface area contributed by atoms with Crippen molar-refractivity contribution in [3.05, 3.63) is 40.3 Å². The van der Waals surface area contributed by atoms with E-state index in [0.29, 0.717) is 45.7 Å². The minimum absolute atomic E-state index is 0.00752. The van der Waals surface area contributed by atoms with Crippen LogP contribution in [0.15, 0.2) is 29.6 Å². The van der Waals surface area contributed by atoms with E-state index >= 15 is 0 Å². The van der Waals surface area contributed by atoms with Crippen molar-refractivity contribution in [1.29, 1.82) is 0 Å². The molecule has 1 N–H and O–H groups in total. The van der Waals surface area contributed by atoms with Crippen LogP contribution >= 0.6 is 11.6 Å². The Labute approximate surface area is 194 Å². The Kier molecular flexibility index (Phi) is 3.88. The molecule has 4 fully saturated rings. The van der Waals surface area contributed by atoms with Crippen LogP contribution in [0.4, 0.5) is 11.6 Å². The molecule has 170 valence electrons. The fraction of sp³-hybridized carbons (Fsp3) is 0.522. The maximum absolute atomic E-state index is 13.5. The number of aromatic nitrogens is 7. The molecule has 0 spiro atoms. The number of nitrogens with zero attached hydrogens (tertiary/aromatic N) is 7. The largest absolute Gasteiger partial charge is 0.330 e. The van der Waals surface area contributed by atoms with Crippen molar-refractivity contribution in [1.82, 2.24) is 33.7 Å². The number of rotatable bonds is 3. The number of aryl methyl sites for hydroxylation is 1. The predicted octanol–water partition coefficient (Wildman–Crippen LogP) is 3.74. The molecular formula is C23H25ClN8O. The maximum atomic E-state index is 13.5. The van der Waals surface area contributed by atoms with Gasteiger partial charge in [-0.3, -0.25) is 9.13 Å². The van der Waals surface area contributed by atoms with Crippen LogP contribution in [0.2, 0.25) is 5.02 Å². The summed E-state index contributed by atoms with van der Waals surface area (Å²) >= 11 is 6.45. The van der Waals surface area contributed by atoms with E-state index in [2.05, 4.69) is 27.3 Å². The summed E-state index contributed by atoms with van der Waals surface area (Å²) in [5.41, 5.74) is 2.62. The summed E-state index contributed by atoms with van der Waals surface area (Å²) in [5.74, 6) is 3.27. The van der Waals surface area contributed by atoms with Crippen molar-refractivity contribution in [2.45, 2.75) is 44.6 Å². The molecule has 4 aliphatic rings. The number of pyridine rings is 1. The zero-order chi connectivity index (χ0) is 22.5. The van der Waals surface area contributed by atoms with Crippen LogP contribution in [0.3, 0.4) is 0 Å². The normalized spacial score (nSPS) is 30.5. The molecule has 8 rings (SSSR count). The Morgan fingerprint density at radius 3 is 2.76 bits per heavy atom. The summed E-state index contributed by atoms with van der Waals surface area (Å²) in [5, 5.41) is 7.89. The minimum Gasteiger partial charge on any atom is -0.322 e. The smallest absolute Gasteiger partial charge is 0.322 e. The third-order valence-electron chi connectivity index (χ3n) is 8.60. The van der Waals surface area contributed by atoms with Crippen LogP contribution in [-0.2, 0) is 12.6 Å². The van der Waals surface area contributed by atoms with E-state index in [1.807, 2.05) is 11.6 Å². The van der Waals surface area contributed by atoms with Crippen molar-refractivity contribution in [2.24, 2.45) is 30.7 Å². The third-order valence-corrected chi connectivity index (χ3v) is 8.91. The van der Waals surface area contributed by atoms with Gasteiger partial charge in [-0.15, -0.1) is 0 Å². The average molecular weight is 465 g/mol. The monoisotopic (exact) mass is 464 g/mol. The van der Waals surface area contributed by atoms with Gasteiger partial charge in [-0.25, -0.2) is 19.3 Å². The first-order valence-corrected chi connectivity index (χ1v) is 12.0. The quantitative estimate of drug-likeness (QED) is 0.496. The molecule has 4 aromatic rings. The highest BCUT2D eigenvalue weighted by Gasteiger charge is 2.56. The molecule has 2 unspecified atom stereocenters. The zero-order valence-corrected chi connectivity index (χ0v) is 19.3. The third kappa shape index (κ3) is 2.68. The van der Waals surface area contributed by atoms with Gasteiger partial charge < -0.3 is 5.32 Å². The summed E-state index contributed by atoms with van der Waals surface area (Å²) in [7, 11) is 1.82. The van der Waals surface area contributed by atoms with E-state index in [9.17, 15) is 4.79 Å². The summed E-state index contributed by atoms with van der Waals surface area (Å²) in [4.78, 5) is 27.0. The minimum atomic E-state index is -0.136. The van der Waals surface area contributed by atoms with E-state index in [0.717, 1.165) is 30.7 Å². The Bertz CT molecular complexity index is 1470. The van der Waals surface area contributed by atoms with Gasteiger partial charge in [0.1, 0.15) is 11.8 Å². The van der Waals surface area contributed by atoms with Crippen LogP contribution in [0.5, 0.6) is 0 Å². The Balaban J connectivity index is 1.35. The van der Waals surface area contributed by atoms with Crippen LogP contribution in [0.1, 0.15) is 39.0 Å². The van der Waals surface area contributed by atoms with E-state index in [-0.39, 0.29) is 11.2 Å². The molecule has 0 radical (unpaired) electrons. The summed E-state index contributed by atoms with van der Waals surface area (Å²) in [6, 6.07) is 1.74. The van der Waals surface area contributed by atoms with Gasteiger partial charge in [0.15, 0.2) is 11.3 Å². The first-order valence-electron chi connectivity index (χ1n) is 11.6. The molecule has 33 heavy (non-hydrogen) atoms. The van der Waals surface area contributed by atoms with Gasteiger partial charge in [-0.2, -0.15) is 10.1 Å². The van der Waals surface area contributed by atoms with Crippen molar-refractivity contribution in [3.8, 4) is 0 Å². The van der Waals surface area contributed by atoms with E-state index in [1.54, 1.807) is 27.5 Å². The first kappa shape index (κ1) is 19.5. The molecule has 4 heterocycles. The van der Waals surface area contributed by atoms with Gasteiger partial charge in [-0.05, 0) is 55.8 Å². The summed E-state index contributed by atoms with van der Waals surface area (Å²) < 4.78 is 5.34. The second kappa shape index (κ2) is 6.56. The second-order valence-corrected chi connectivity index (χ2v) is 10.8. The molecule has 0 aliphatic heterocycles. The number of imidazole rings is 1. The first-order chi connectivity index (χ1) is 15.9. The topological polar surface area (TPSA) is 94.9 Å². The highest BCUT2D eigenvalue weighted by Crippen LogP contribution is 2.61. The number of anilines is 2. The molecular weight excluding hydrogens is 440 g/mol. The molecule has 4 saturated carbocycles. The standard InChI is InChI=1S/C23H25ClN8O/c1-12-14-3-13-4-15(12)8-23(6-13,7-14)32-20-18(30(2)22(32)33)9-25-21(29-20)28-17-10-31-19(5-16(17)24)26-11-27-31/h5,9-15H,3-4,6-8H2,1-2H3,(H,25,28,29). The SMILES string of the molecule is CC1C2CC3CC1CC(n1c(=O)n(C)c4cnc(Nc5cn6ncnc6cc5Cl)nc41)(C3)C2. The lowest BCUT2D eigenvalue weighted by Crippen LogP contribution is -2.57. The van der Waals surface area contributed by atoms with E-state index < -0.39 is 0 Å². The lowest BCUT2D eigenvalue weighted by atomic mass is 9.49. The Hall–Kier alpha value is -2.94. The lowest BCUT2D eigenvalue weighted by Gasteiger charge is -2.59.